The summed E-state index contributed by atoms with van der Waals surface area (Å²) in [5.41, 5.74) is 0.141. The van der Waals surface area contributed by atoms with Gasteiger partial charge < -0.3 is 10.4 Å². The van der Waals surface area contributed by atoms with E-state index in [9.17, 15) is 14.3 Å². The van der Waals surface area contributed by atoms with Gasteiger partial charge in [-0.1, -0.05) is 25.4 Å². The molecule has 0 aliphatic rings. The van der Waals surface area contributed by atoms with Crippen LogP contribution in [0.5, 0.6) is 0 Å². The number of benzene rings is 1. The van der Waals surface area contributed by atoms with Gasteiger partial charge in [-0.05, 0) is 24.1 Å². The molecular weight excluding hydrogens is 233 g/mol. The van der Waals surface area contributed by atoms with Crippen molar-refractivity contribution < 1.29 is 14.3 Å². The van der Waals surface area contributed by atoms with Crippen LogP contribution in [0.4, 0.5) is 4.39 Å². The largest absolute Gasteiger partial charge is 0.373 e. The summed E-state index contributed by atoms with van der Waals surface area (Å²) in [6.45, 7) is 3.52. The van der Waals surface area contributed by atoms with E-state index in [1.807, 2.05) is 0 Å². The second-order valence-electron chi connectivity index (χ2n) is 3.79. The highest BCUT2D eigenvalue weighted by Crippen LogP contribution is 2.17. The van der Waals surface area contributed by atoms with Crippen LogP contribution in [0.15, 0.2) is 18.2 Å². The van der Waals surface area contributed by atoms with Crippen LogP contribution < -0.4 is 5.32 Å². The van der Waals surface area contributed by atoms with Gasteiger partial charge in [0.25, 0.3) is 5.91 Å². The van der Waals surface area contributed by atoms with Crippen molar-refractivity contribution >= 4 is 17.5 Å². The lowest BCUT2D eigenvalue weighted by atomic mass is 10.1. The topological polar surface area (TPSA) is 49.3 Å². The maximum atomic E-state index is 12.7. The fourth-order valence-corrected chi connectivity index (χ4v) is 1.31. The molecule has 1 amide bonds. The number of carbonyl (C=O) groups excluding carboxylic acids is 1. The summed E-state index contributed by atoms with van der Waals surface area (Å²) in [7, 11) is 0. The van der Waals surface area contributed by atoms with Gasteiger partial charge in [0.05, 0.1) is 10.6 Å². The first-order valence-corrected chi connectivity index (χ1v) is 5.23. The van der Waals surface area contributed by atoms with Crippen LogP contribution in [0.2, 0.25) is 5.02 Å². The highest BCUT2D eigenvalue weighted by Gasteiger charge is 2.16. The Hall–Kier alpha value is -1.13. The van der Waals surface area contributed by atoms with E-state index in [4.69, 9.17) is 11.6 Å². The number of carbonyl (C=O) groups is 1. The molecule has 0 radical (unpaired) electrons. The summed E-state index contributed by atoms with van der Waals surface area (Å²) < 4.78 is 12.7. The third-order valence-corrected chi connectivity index (χ3v) is 2.40. The highest BCUT2D eigenvalue weighted by atomic mass is 35.5. The zero-order valence-electron chi connectivity index (χ0n) is 9.00. The Labute approximate surface area is 98.2 Å². The molecule has 0 aliphatic carbocycles. The van der Waals surface area contributed by atoms with E-state index in [0.717, 1.165) is 12.1 Å². The van der Waals surface area contributed by atoms with E-state index in [2.05, 4.69) is 5.32 Å². The molecule has 1 aromatic rings. The number of hydrogen-bond acceptors (Lipinski definition) is 2. The van der Waals surface area contributed by atoms with Crippen molar-refractivity contribution in [1.82, 2.24) is 5.32 Å². The van der Waals surface area contributed by atoms with Crippen molar-refractivity contribution in [2.24, 2.45) is 5.92 Å². The van der Waals surface area contributed by atoms with E-state index >= 15 is 0 Å². The van der Waals surface area contributed by atoms with Crippen LogP contribution in [0.3, 0.4) is 0 Å². The molecule has 0 heterocycles. The molecule has 0 bridgehead atoms. The predicted octanol–water partition coefficient (Wildman–Crippen LogP) is 2.18. The lowest BCUT2D eigenvalue weighted by molar-refractivity contribution is 0.0647. The van der Waals surface area contributed by atoms with Crippen LogP contribution >= 0.6 is 11.6 Å². The van der Waals surface area contributed by atoms with E-state index in [0.29, 0.717) is 0 Å². The Morgan fingerprint density at radius 1 is 1.50 bits per heavy atom. The maximum absolute atomic E-state index is 12.7. The van der Waals surface area contributed by atoms with Gasteiger partial charge in [0, 0.05) is 0 Å². The van der Waals surface area contributed by atoms with Crippen molar-refractivity contribution in [3.8, 4) is 0 Å². The Bertz CT molecular complexity index is 396. The Balaban J connectivity index is 2.81. The number of rotatable bonds is 3. The smallest absolute Gasteiger partial charge is 0.254 e. The standard InChI is InChI=1S/C11H13ClFNO2/c1-6(2)10(15)14-11(16)8-4-3-7(13)5-9(8)12/h3-6,10,15H,1-2H3,(H,14,16). The van der Waals surface area contributed by atoms with Crippen molar-refractivity contribution in [3.05, 3.63) is 34.6 Å². The van der Waals surface area contributed by atoms with E-state index in [-0.39, 0.29) is 16.5 Å². The van der Waals surface area contributed by atoms with E-state index in [1.165, 1.54) is 6.07 Å². The first kappa shape index (κ1) is 12.9. The number of nitrogens with one attached hydrogen (secondary N) is 1. The van der Waals surface area contributed by atoms with Gasteiger partial charge in [0.2, 0.25) is 0 Å². The molecule has 1 unspecified atom stereocenters. The zero-order valence-corrected chi connectivity index (χ0v) is 9.75. The van der Waals surface area contributed by atoms with Crippen molar-refractivity contribution in [3.63, 3.8) is 0 Å². The van der Waals surface area contributed by atoms with Gasteiger partial charge in [-0.15, -0.1) is 0 Å². The summed E-state index contributed by atoms with van der Waals surface area (Å²) in [4.78, 5) is 11.6. The van der Waals surface area contributed by atoms with Crippen molar-refractivity contribution in [2.75, 3.05) is 0 Å². The maximum Gasteiger partial charge on any atom is 0.254 e. The van der Waals surface area contributed by atoms with Crippen molar-refractivity contribution in [2.45, 2.75) is 20.1 Å². The minimum Gasteiger partial charge on any atom is -0.373 e. The van der Waals surface area contributed by atoms with Gasteiger partial charge in [-0.25, -0.2) is 4.39 Å². The lowest BCUT2D eigenvalue weighted by Gasteiger charge is -2.16. The van der Waals surface area contributed by atoms with Gasteiger partial charge >= 0.3 is 0 Å². The molecule has 0 saturated heterocycles. The van der Waals surface area contributed by atoms with Gasteiger partial charge in [0.1, 0.15) is 12.0 Å². The molecule has 0 saturated carbocycles. The third-order valence-electron chi connectivity index (χ3n) is 2.09. The average Bonchev–Trinajstić information content (AvgIpc) is 2.16. The van der Waals surface area contributed by atoms with Crippen LogP contribution in [0.25, 0.3) is 0 Å². The second kappa shape index (κ2) is 5.27. The fourth-order valence-electron chi connectivity index (χ4n) is 1.05. The van der Waals surface area contributed by atoms with E-state index < -0.39 is 18.0 Å². The Morgan fingerprint density at radius 2 is 2.12 bits per heavy atom. The van der Waals surface area contributed by atoms with Crippen LogP contribution in [-0.4, -0.2) is 17.2 Å². The SMILES string of the molecule is CC(C)C(O)NC(=O)c1ccc(F)cc1Cl. The summed E-state index contributed by atoms with van der Waals surface area (Å²) in [6.07, 6.45) is -0.950. The molecule has 1 rings (SSSR count). The molecule has 1 aromatic carbocycles. The molecule has 0 aliphatic heterocycles. The normalized spacial score (nSPS) is 12.6. The summed E-state index contributed by atoms with van der Waals surface area (Å²) in [5, 5.41) is 11.8. The molecule has 0 spiro atoms. The molecule has 16 heavy (non-hydrogen) atoms. The van der Waals surface area contributed by atoms with Crippen LogP contribution in [0, 0.1) is 11.7 Å². The Morgan fingerprint density at radius 3 is 2.62 bits per heavy atom. The first-order chi connectivity index (χ1) is 7.41. The number of aliphatic hydroxyl groups is 1. The summed E-state index contributed by atoms with van der Waals surface area (Å²) in [6, 6.07) is 3.47. The minimum atomic E-state index is -0.950. The quantitative estimate of drug-likeness (QED) is 0.802. The Kier molecular flexibility index (Phi) is 4.26. The number of hydrogen-bond donors (Lipinski definition) is 2. The number of halogens is 2. The highest BCUT2D eigenvalue weighted by molar-refractivity contribution is 6.33. The monoisotopic (exact) mass is 245 g/mol. The molecule has 2 N–H and O–H groups in total. The minimum absolute atomic E-state index is 0.0217. The average molecular weight is 246 g/mol. The van der Waals surface area contributed by atoms with Crippen LogP contribution in [-0.2, 0) is 0 Å². The second-order valence-corrected chi connectivity index (χ2v) is 4.19. The number of amides is 1. The molecule has 5 heteroatoms. The molecule has 3 nitrogen and oxygen atoms in total. The number of aliphatic hydroxyl groups excluding tert-OH is 1. The predicted molar refractivity (Wildman–Crippen MR) is 59.7 cm³/mol. The van der Waals surface area contributed by atoms with Gasteiger partial charge in [0.15, 0.2) is 0 Å². The van der Waals surface area contributed by atoms with Crippen molar-refractivity contribution in [1.29, 1.82) is 0 Å². The van der Waals surface area contributed by atoms with Gasteiger partial charge in [-0.2, -0.15) is 0 Å². The molecule has 88 valence electrons. The summed E-state index contributed by atoms with van der Waals surface area (Å²) in [5.74, 6) is -1.14. The lowest BCUT2D eigenvalue weighted by Crippen LogP contribution is -2.38. The zero-order chi connectivity index (χ0) is 12.3. The third kappa shape index (κ3) is 3.18. The first-order valence-electron chi connectivity index (χ1n) is 4.86. The molecular formula is C11H13ClFNO2. The fraction of sp³-hybridized carbons (Fsp3) is 0.364. The van der Waals surface area contributed by atoms with Crippen LogP contribution in [0.1, 0.15) is 24.2 Å². The van der Waals surface area contributed by atoms with E-state index in [1.54, 1.807) is 13.8 Å². The summed E-state index contributed by atoms with van der Waals surface area (Å²) >= 11 is 5.70. The molecule has 0 fully saturated rings. The molecule has 1 atom stereocenters. The van der Waals surface area contributed by atoms with Gasteiger partial charge in [-0.3, -0.25) is 4.79 Å². The molecule has 0 aromatic heterocycles.